The zero-order chi connectivity index (χ0) is 13.9. The lowest BCUT2D eigenvalue weighted by atomic mass is 9.99. The number of anilines is 1. The van der Waals surface area contributed by atoms with Crippen LogP contribution in [0.15, 0.2) is 41.1 Å². The van der Waals surface area contributed by atoms with Crippen LogP contribution in [0, 0.1) is 10.1 Å². The summed E-state index contributed by atoms with van der Waals surface area (Å²) in [6.07, 6.45) is 0. The second-order valence-electron chi connectivity index (χ2n) is 4.44. The molecule has 1 heterocycles. The number of nitrogens with zero attached hydrogens (tertiary/aromatic N) is 1. The molecule has 19 heavy (non-hydrogen) atoms. The van der Waals surface area contributed by atoms with Gasteiger partial charge in [-0.15, -0.1) is 0 Å². The van der Waals surface area contributed by atoms with E-state index in [-0.39, 0.29) is 5.69 Å². The number of aliphatic hydroxyl groups is 1. The Morgan fingerprint density at radius 3 is 2.58 bits per heavy atom. The summed E-state index contributed by atoms with van der Waals surface area (Å²) < 4.78 is 0. The quantitative estimate of drug-likeness (QED) is 0.651. The first-order chi connectivity index (χ1) is 8.99. The van der Waals surface area contributed by atoms with Gasteiger partial charge >= 0.3 is 0 Å². The molecule has 100 valence electrons. The fourth-order valence-corrected chi connectivity index (χ4v) is 2.43. The third-order valence-electron chi connectivity index (χ3n) is 2.86. The van der Waals surface area contributed by atoms with Crippen LogP contribution in [0.25, 0.3) is 0 Å². The number of hydrogen-bond acceptors (Lipinski definition) is 5. The van der Waals surface area contributed by atoms with Crippen LogP contribution >= 0.6 is 11.3 Å². The van der Waals surface area contributed by atoms with Crippen molar-refractivity contribution in [3.63, 3.8) is 0 Å². The van der Waals surface area contributed by atoms with Crippen molar-refractivity contribution in [3.05, 3.63) is 56.8 Å². The Kier molecular flexibility index (Phi) is 3.82. The minimum Gasteiger partial charge on any atom is -0.384 e. The summed E-state index contributed by atoms with van der Waals surface area (Å²) >= 11 is 1.53. The molecule has 0 bridgehead atoms. The van der Waals surface area contributed by atoms with Gasteiger partial charge in [0.15, 0.2) is 0 Å². The van der Waals surface area contributed by atoms with E-state index in [2.05, 4.69) is 5.32 Å². The molecule has 1 atom stereocenters. The van der Waals surface area contributed by atoms with Gasteiger partial charge in [0.2, 0.25) is 0 Å². The van der Waals surface area contributed by atoms with Gasteiger partial charge in [-0.25, -0.2) is 0 Å². The average molecular weight is 278 g/mol. The van der Waals surface area contributed by atoms with E-state index in [0.717, 1.165) is 11.3 Å². The minimum absolute atomic E-state index is 0.0511. The highest BCUT2D eigenvalue weighted by Gasteiger charge is 2.23. The normalized spacial score (nSPS) is 13.8. The molecule has 6 heteroatoms. The molecule has 2 rings (SSSR count). The molecule has 0 radical (unpaired) electrons. The smallest absolute Gasteiger partial charge is 0.269 e. The largest absolute Gasteiger partial charge is 0.384 e. The van der Waals surface area contributed by atoms with Gasteiger partial charge in [-0.05, 0) is 41.4 Å². The highest BCUT2D eigenvalue weighted by atomic mass is 32.1. The van der Waals surface area contributed by atoms with Crippen LogP contribution < -0.4 is 5.32 Å². The molecule has 1 aromatic heterocycles. The maximum atomic E-state index is 10.5. The van der Waals surface area contributed by atoms with Crippen LogP contribution in [0.5, 0.6) is 0 Å². The van der Waals surface area contributed by atoms with E-state index in [1.807, 2.05) is 16.8 Å². The van der Waals surface area contributed by atoms with Crippen molar-refractivity contribution in [3.8, 4) is 0 Å². The zero-order valence-electron chi connectivity index (χ0n) is 10.4. The predicted molar refractivity (Wildman–Crippen MR) is 75.5 cm³/mol. The number of nitro groups is 1. The van der Waals surface area contributed by atoms with Crippen LogP contribution in [-0.2, 0) is 5.60 Å². The van der Waals surface area contributed by atoms with Crippen molar-refractivity contribution < 1.29 is 10.0 Å². The maximum Gasteiger partial charge on any atom is 0.269 e. The average Bonchev–Trinajstić information content (AvgIpc) is 2.91. The molecule has 0 aliphatic carbocycles. The molecule has 0 saturated carbocycles. The van der Waals surface area contributed by atoms with Crippen molar-refractivity contribution in [1.29, 1.82) is 0 Å². The van der Waals surface area contributed by atoms with Crippen molar-refractivity contribution >= 4 is 22.7 Å². The van der Waals surface area contributed by atoms with E-state index in [1.54, 1.807) is 19.1 Å². The number of non-ortho nitro benzene ring substituents is 1. The van der Waals surface area contributed by atoms with E-state index in [0.29, 0.717) is 6.54 Å². The Labute approximate surface area is 114 Å². The van der Waals surface area contributed by atoms with Crippen LogP contribution in [-0.4, -0.2) is 16.6 Å². The Morgan fingerprint density at radius 2 is 2.05 bits per heavy atom. The van der Waals surface area contributed by atoms with Gasteiger partial charge in [-0.1, -0.05) is 0 Å². The van der Waals surface area contributed by atoms with Gasteiger partial charge in [0, 0.05) is 24.4 Å². The number of benzene rings is 1. The van der Waals surface area contributed by atoms with Gasteiger partial charge in [0.1, 0.15) is 5.60 Å². The van der Waals surface area contributed by atoms with Crippen molar-refractivity contribution in [2.24, 2.45) is 0 Å². The maximum absolute atomic E-state index is 10.5. The Hall–Kier alpha value is -1.92. The van der Waals surface area contributed by atoms with E-state index in [4.69, 9.17) is 0 Å². The standard InChI is InChI=1S/C13H14N2O3S/c1-13(16,10-6-7-19-8-10)9-14-11-2-4-12(5-3-11)15(17)18/h2-8,14,16H,9H2,1H3. The monoisotopic (exact) mass is 278 g/mol. The fraction of sp³-hybridized carbons (Fsp3) is 0.231. The Morgan fingerprint density at radius 1 is 1.37 bits per heavy atom. The van der Waals surface area contributed by atoms with Gasteiger partial charge in [-0.3, -0.25) is 10.1 Å². The van der Waals surface area contributed by atoms with E-state index < -0.39 is 10.5 Å². The molecule has 0 fully saturated rings. The molecule has 2 aromatic rings. The lowest BCUT2D eigenvalue weighted by molar-refractivity contribution is -0.384. The molecular weight excluding hydrogens is 264 g/mol. The van der Waals surface area contributed by atoms with Crippen molar-refractivity contribution in [2.45, 2.75) is 12.5 Å². The Bertz CT molecular complexity index is 550. The molecule has 2 N–H and O–H groups in total. The number of hydrogen-bond donors (Lipinski definition) is 2. The summed E-state index contributed by atoms with van der Waals surface area (Å²) in [7, 11) is 0. The number of nitrogens with one attached hydrogen (secondary N) is 1. The summed E-state index contributed by atoms with van der Waals surface area (Å²) in [5, 5.41) is 27.7. The molecule has 0 amide bonds. The molecule has 5 nitrogen and oxygen atoms in total. The van der Waals surface area contributed by atoms with Crippen molar-refractivity contribution in [2.75, 3.05) is 11.9 Å². The molecule has 1 aromatic carbocycles. The Balaban J connectivity index is 2.00. The summed E-state index contributed by atoms with van der Waals surface area (Å²) in [5.41, 5.74) is 0.671. The third-order valence-corrected chi connectivity index (χ3v) is 3.54. The van der Waals surface area contributed by atoms with Crippen LogP contribution in [0.1, 0.15) is 12.5 Å². The summed E-state index contributed by atoms with van der Waals surface area (Å²) in [6.45, 7) is 2.06. The zero-order valence-corrected chi connectivity index (χ0v) is 11.2. The first kappa shape index (κ1) is 13.5. The highest BCUT2D eigenvalue weighted by molar-refractivity contribution is 7.08. The first-order valence-corrected chi connectivity index (χ1v) is 6.67. The lowest BCUT2D eigenvalue weighted by Gasteiger charge is -2.23. The second-order valence-corrected chi connectivity index (χ2v) is 5.22. The van der Waals surface area contributed by atoms with Crippen LogP contribution in [0.2, 0.25) is 0 Å². The van der Waals surface area contributed by atoms with Crippen LogP contribution in [0.4, 0.5) is 11.4 Å². The van der Waals surface area contributed by atoms with Gasteiger partial charge in [0.05, 0.1) is 4.92 Å². The molecular formula is C13H14N2O3S. The van der Waals surface area contributed by atoms with Crippen molar-refractivity contribution in [1.82, 2.24) is 0 Å². The molecule has 0 saturated heterocycles. The molecule has 1 unspecified atom stereocenters. The van der Waals surface area contributed by atoms with Gasteiger partial charge in [0.25, 0.3) is 5.69 Å². The SMILES string of the molecule is CC(O)(CNc1ccc([N+](=O)[O-])cc1)c1ccsc1. The molecule has 0 spiro atoms. The molecule has 0 aliphatic heterocycles. The second kappa shape index (κ2) is 5.38. The lowest BCUT2D eigenvalue weighted by Crippen LogP contribution is -2.30. The number of nitro benzene ring substituents is 1. The minimum atomic E-state index is -0.970. The molecule has 0 aliphatic rings. The summed E-state index contributed by atoms with van der Waals surface area (Å²) in [4.78, 5) is 10.1. The topological polar surface area (TPSA) is 75.4 Å². The summed E-state index contributed by atoms with van der Waals surface area (Å²) in [6, 6.07) is 8.00. The summed E-state index contributed by atoms with van der Waals surface area (Å²) in [5.74, 6) is 0. The number of rotatable bonds is 5. The van der Waals surface area contributed by atoms with E-state index >= 15 is 0 Å². The third kappa shape index (κ3) is 3.30. The van der Waals surface area contributed by atoms with Crippen LogP contribution in [0.3, 0.4) is 0 Å². The van der Waals surface area contributed by atoms with Gasteiger partial charge in [-0.2, -0.15) is 11.3 Å². The number of thiophene rings is 1. The van der Waals surface area contributed by atoms with E-state index in [1.165, 1.54) is 23.5 Å². The van der Waals surface area contributed by atoms with E-state index in [9.17, 15) is 15.2 Å². The van der Waals surface area contributed by atoms with Gasteiger partial charge < -0.3 is 10.4 Å². The predicted octanol–water partition coefficient (Wildman–Crippen LogP) is 2.98. The first-order valence-electron chi connectivity index (χ1n) is 5.72. The fourth-order valence-electron chi connectivity index (χ4n) is 1.65. The highest BCUT2D eigenvalue weighted by Crippen LogP contribution is 2.24.